The van der Waals surface area contributed by atoms with Gasteiger partial charge in [-0.25, -0.2) is 4.39 Å². The zero-order valence-electron chi connectivity index (χ0n) is 19.2. The van der Waals surface area contributed by atoms with E-state index in [1.807, 2.05) is 24.3 Å². The van der Waals surface area contributed by atoms with Gasteiger partial charge in [0.05, 0.1) is 18.7 Å². The molecule has 0 spiro atoms. The molecule has 34 heavy (non-hydrogen) atoms. The number of aliphatic hydroxyl groups is 1. The van der Waals surface area contributed by atoms with Crippen LogP contribution in [0.4, 0.5) is 4.39 Å². The second kappa shape index (κ2) is 9.47. The molecule has 0 bridgehead atoms. The molecule has 2 aromatic carbocycles. The van der Waals surface area contributed by atoms with Gasteiger partial charge in [0.15, 0.2) is 11.6 Å². The van der Waals surface area contributed by atoms with Crippen molar-refractivity contribution in [3.05, 3.63) is 101 Å². The number of rotatable bonds is 6. The van der Waals surface area contributed by atoms with E-state index in [4.69, 9.17) is 4.74 Å². The summed E-state index contributed by atoms with van der Waals surface area (Å²) >= 11 is 0. The molecule has 4 rings (SSSR count). The molecule has 1 amide bonds. The van der Waals surface area contributed by atoms with E-state index in [9.17, 15) is 19.1 Å². The third kappa shape index (κ3) is 4.29. The molecule has 174 valence electrons. The van der Waals surface area contributed by atoms with E-state index in [-0.39, 0.29) is 23.4 Å². The Kier molecular flexibility index (Phi) is 6.45. The van der Waals surface area contributed by atoms with Gasteiger partial charge in [-0.1, -0.05) is 38.1 Å². The first-order valence-electron chi connectivity index (χ1n) is 10.9. The van der Waals surface area contributed by atoms with Crippen molar-refractivity contribution in [1.29, 1.82) is 0 Å². The van der Waals surface area contributed by atoms with Crippen molar-refractivity contribution in [1.82, 2.24) is 9.88 Å². The summed E-state index contributed by atoms with van der Waals surface area (Å²) in [5.74, 6) is -2.36. The maximum absolute atomic E-state index is 14.3. The van der Waals surface area contributed by atoms with Crippen LogP contribution in [0.5, 0.6) is 5.75 Å². The zero-order chi connectivity index (χ0) is 24.4. The molecule has 1 N–H and O–H groups in total. The van der Waals surface area contributed by atoms with Gasteiger partial charge in [-0.05, 0) is 52.9 Å². The minimum Gasteiger partial charge on any atom is -0.507 e. The average Bonchev–Trinajstić information content (AvgIpc) is 3.09. The van der Waals surface area contributed by atoms with Crippen molar-refractivity contribution in [2.75, 3.05) is 7.11 Å². The minimum atomic E-state index is -0.834. The lowest BCUT2D eigenvalue weighted by Gasteiger charge is -2.25. The first-order valence-corrected chi connectivity index (χ1v) is 10.9. The number of carbonyl (C=O) groups is 2. The number of likely N-dealkylation sites (tertiary alicyclic amines) is 1. The molecule has 6 nitrogen and oxygen atoms in total. The van der Waals surface area contributed by atoms with Gasteiger partial charge in [-0.15, -0.1) is 0 Å². The summed E-state index contributed by atoms with van der Waals surface area (Å²) in [6, 6.07) is 14.2. The predicted octanol–water partition coefficient (Wildman–Crippen LogP) is 4.97. The number of methoxy groups -OCH3 is 1. The maximum atomic E-state index is 14.3. The topological polar surface area (TPSA) is 79.7 Å². The molecule has 3 aromatic rings. The second-order valence-corrected chi connectivity index (χ2v) is 8.45. The average molecular weight is 461 g/mol. The largest absolute Gasteiger partial charge is 0.507 e. The van der Waals surface area contributed by atoms with Gasteiger partial charge in [-0.2, -0.15) is 0 Å². The fraction of sp³-hybridized carbons (Fsp3) is 0.222. The molecule has 0 radical (unpaired) electrons. The van der Waals surface area contributed by atoms with Crippen LogP contribution in [-0.4, -0.2) is 33.8 Å². The van der Waals surface area contributed by atoms with Crippen LogP contribution in [0.15, 0.2) is 72.6 Å². The van der Waals surface area contributed by atoms with Gasteiger partial charge in [0.25, 0.3) is 11.7 Å². The highest BCUT2D eigenvalue weighted by Crippen LogP contribution is 2.41. The van der Waals surface area contributed by atoms with E-state index in [1.165, 1.54) is 24.1 Å². The summed E-state index contributed by atoms with van der Waals surface area (Å²) in [6.45, 7) is 4.29. The highest BCUT2D eigenvalue weighted by molar-refractivity contribution is 6.46. The number of pyridine rings is 1. The number of benzene rings is 2. The number of carbonyl (C=O) groups excluding carboxylic acids is 2. The lowest BCUT2D eigenvalue weighted by atomic mass is 9.93. The van der Waals surface area contributed by atoms with E-state index in [2.05, 4.69) is 18.8 Å². The predicted molar refractivity (Wildman–Crippen MR) is 126 cm³/mol. The fourth-order valence-electron chi connectivity index (χ4n) is 4.11. The Morgan fingerprint density at radius 1 is 1.09 bits per heavy atom. The third-order valence-corrected chi connectivity index (χ3v) is 5.99. The lowest BCUT2D eigenvalue weighted by molar-refractivity contribution is -0.140. The third-order valence-electron chi connectivity index (χ3n) is 5.99. The maximum Gasteiger partial charge on any atom is 0.295 e. The second-order valence-electron chi connectivity index (χ2n) is 8.45. The smallest absolute Gasteiger partial charge is 0.295 e. The number of ether oxygens (including phenoxy) is 1. The number of hydrogen-bond acceptors (Lipinski definition) is 5. The highest BCUT2D eigenvalue weighted by atomic mass is 19.1. The minimum absolute atomic E-state index is 0.00973. The van der Waals surface area contributed by atoms with E-state index >= 15 is 0 Å². The molecule has 1 aliphatic heterocycles. The van der Waals surface area contributed by atoms with Crippen LogP contribution >= 0.6 is 0 Å². The van der Waals surface area contributed by atoms with Crippen molar-refractivity contribution in [3.63, 3.8) is 0 Å². The van der Waals surface area contributed by atoms with Crippen LogP contribution in [0, 0.1) is 5.82 Å². The summed E-state index contributed by atoms with van der Waals surface area (Å²) in [5.41, 5.74) is 2.57. The van der Waals surface area contributed by atoms with Crippen LogP contribution in [0.3, 0.4) is 0 Å². The summed E-state index contributed by atoms with van der Waals surface area (Å²) in [4.78, 5) is 31.7. The molecule has 1 saturated heterocycles. The molecule has 1 fully saturated rings. The molecule has 1 unspecified atom stereocenters. The molecule has 1 atom stereocenters. The van der Waals surface area contributed by atoms with Crippen LogP contribution in [-0.2, 0) is 16.1 Å². The molecule has 1 aromatic heterocycles. The Bertz CT molecular complexity index is 1250. The number of aliphatic hydroxyl groups excluding tert-OH is 1. The molecule has 0 aliphatic carbocycles. The van der Waals surface area contributed by atoms with Crippen molar-refractivity contribution in [2.24, 2.45) is 0 Å². The molecular formula is C27H25FN2O4. The van der Waals surface area contributed by atoms with Gasteiger partial charge in [0.2, 0.25) is 0 Å². The van der Waals surface area contributed by atoms with Gasteiger partial charge in [0.1, 0.15) is 5.76 Å². The first-order chi connectivity index (χ1) is 16.3. The van der Waals surface area contributed by atoms with Crippen LogP contribution < -0.4 is 4.74 Å². The fourth-order valence-corrected chi connectivity index (χ4v) is 4.11. The Morgan fingerprint density at radius 2 is 1.76 bits per heavy atom. The van der Waals surface area contributed by atoms with Gasteiger partial charge < -0.3 is 14.7 Å². The van der Waals surface area contributed by atoms with E-state index in [0.29, 0.717) is 11.5 Å². The van der Waals surface area contributed by atoms with Crippen molar-refractivity contribution in [3.8, 4) is 5.75 Å². The summed E-state index contributed by atoms with van der Waals surface area (Å²) in [5, 5.41) is 11.1. The van der Waals surface area contributed by atoms with Gasteiger partial charge >= 0.3 is 0 Å². The zero-order valence-corrected chi connectivity index (χ0v) is 19.2. The van der Waals surface area contributed by atoms with Crippen LogP contribution in [0.2, 0.25) is 0 Å². The number of halogens is 1. The van der Waals surface area contributed by atoms with Crippen molar-refractivity contribution in [2.45, 2.75) is 32.4 Å². The molecule has 0 saturated carbocycles. The van der Waals surface area contributed by atoms with Crippen molar-refractivity contribution < 1.29 is 23.8 Å². The molecular weight excluding hydrogens is 435 g/mol. The number of amides is 1. The van der Waals surface area contributed by atoms with Crippen LogP contribution in [0.25, 0.3) is 5.76 Å². The van der Waals surface area contributed by atoms with E-state index in [1.54, 1.807) is 24.5 Å². The first kappa shape index (κ1) is 23.2. The van der Waals surface area contributed by atoms with E-state index in [0.717, 1.165) is 17.2 Å². The van der Waals surface area contributed by atoms with Crippen molar-refractivity contribution >= 4 is 17.4 Å². The van der Waals surface area contributed by atoms with Gasteiger partial charge in [0, 0.05) is 24.5 Å². The SMILES string of the molecule is COc1ccc(/C(O)=C2/C(=O)C(=O)N(Cc3ccncc3)C2c2ccc(C(C)C)cc2)cc1F. The standard InChI is InChI=1S/C27H25FN2O4/c1-16(2)18-4-6-19(7-5-18)24-23(25(31)20-8-9-22(34-3)21(28)14-20)26(32)27(33)30(24)15-17-10-12-29-13-11-17/h4-14,16,24,31H,15H2,1-3H3/b25-23-. The lowest BCUT2D eigenvalue weighted by Crippen LogP contribution is -2.29. The number of aromatic nitrogens is 1. The van der Waals surface area contributed by atoms with Crippen LogP contribution in [0.1, 0.15) is 48.1 Å². The number of nitrogens with zero attached hydrogens (tertiary/aromatic N) is 2. The number of Topliss-reactive ketones (excluding diaryl/α,β-unsaturated/α-hetero) is 1. The molecule has 7 heteroatoms. The summed E-state index contributed by atoms with van der Waals surface area (Å²) in [7, 11) is 1.34. The molecule has 2 heterocycles. The Morgan fingerprint density at radius 3 is 2.35 bits per heavy atom. The highest BCUT2D eigenvalue weighted by Gasteiger charge is 2.46. The molecule has 1 aliphatic rings. The number of hydrogen-bond donors (Lipinski definition) is 1. The van der Waals surface area contributed by atoms with Gasteiger partial charge in [-0.3, -0.25) is 14.6 Å². The normalized spacial score (nSPS) is 17.4. The Hall–Kier alpha value is -4.00. The van der Waals surface area contributed by atoms with E-state index < -0.39 is 29.3 Å². The monoisotopic (exact) mass is 460 g/mol. The Balaban J connectivity index is 1.85. The summed E-state index contributed by atoms with van der Waals surface area (Å²) < 4.78 is 19.3. The summed E-state index contributed by atoms with van der Waals surface area (Å²) in [6.07, 6.45) is 3.22. The quantitative estimate of drug-likeness (QED) is 0.319. The number of ketones is 1. The Labute approximate surface area is 197 Å².